The monoisotopic (exact) mass is 241 g/mol. The van der Waals surface area contributed by atoms with E-state index < -0.39 is 12.0 Å². The lowest BCUT2D eigenvalue weighted by Crippen LogP contribution is -2.19. The molecule has 3 N–H and O–H groups in total. The Bertz CT molecular complexity index is 419. The third-order valence-corrected chi connectivity index (χ3v) is 2.21. The number of carbonyl (C=O) groups is 1. The minimum atomic E-state index is -1.08. The number of aliphatic carboxylic acids is 1. The van der Waals surface area contributed by atoms with Crippen molar-refractivity contribution in [1.29, 1.82) is 0 Å². The molecule has 0 saturated carbocycles. The second-order valence-corrected chi connectivity index (χ2v) is 3.42. The molecular weight excluding hydrogens is 230 g/mol. The van der Waals surface area contributed by atoms with Crippen molar-refractivity contribution in [3.8, 4) is 11.5 Å². The number of carboxylic acids is 1. The molecule has 86 valence electrons. The van der Waals surface area contributed by atoms with Gasteiger partial charge in [0.1, 0.15) is 11.5 Å². The van der Waals surface area contributed by atoms with Crippen LogP contribution in [0.1, 0.15) is 5.56 Å². The van der Waals surface area contributed by atoms with Crippen LogP contribution in [-0.2, 0) is 4.79 Å². The normalized spacial score (nSPS) is 12.8. The van der Waals surface area contributed by atoms with Gasteiger partial charge < -0.3 is 15.3 Å². The molecule has 0 aliphatic heterocycles. The molecule has 16 heavy (non-hydrogen) atoms. The summed E-state index contributed by atoms with van der Waals surface area (Å²) in [6, 6.07) is 3.01. The first-order valence-corrected chi connectivity index (χ1v) is 5.06. The van der Waals surface area contributed by atoms with Crippen molar-refractivity contribution in [2.24, 2.45) is 4.99 Å². The maximum atomic E-state index is 10.6. The fourth-order valence-electron chi connectivity index (χ4n) is 1.00. The Kier molecular flexibility index (Phi) is 4.19. The first-order valence-electron chi connectivity index (χ1n) is 4.43. The Morgan fingerprint density at radius 3 is 2.69 bits per heavy atom. The van der Waals surface area contributed by atoms with Crippen molar-refractivity contribution >= 4 is 24.8 Å². The molecule has 5 nitrogen and oxygen atoms in total. The fraction of sp³-hybridized carbons (Fsp3) is 0.200. The van der Waals surface area contributed by atoms with Crippen LogP contribution in [0.2, 0.25) is 0 Å². The zero-order valence-electron chi connectivity index (χ0n) is 8.24. The minimum absolute atomic E-state index is 0.0707. The molecule has 0 bridgehead atoms. The highest BCUT2D eigenvalue weighted by atomic mass is 32.1. The van der Waals surface area contributed by atoms with E-state index in [-0.39, 0.29) is 17.3 Å². The third-order valence-electron chi connectivity index (χ3n) is 1.87. The van der Waals surface area contributed by atoms with Gasteiger partial charge in [0.2, 0.25) is 0 Å². The number of thiol groups is 1. The van der Waals surface area contributed by atoms with Gasteiger partial charge in [-0.15, -0.1) is 0 Å². The number of phenolic OH excluding ortho intramolecular Hbond substituents is 2. The summed E-state index contributed by atoms with van der Waals surface area (Å²) in [6.45, 7) is 0. The van der Waals surface area contributed by atoms with Gasteiger partial charge >= 0.3 is 5.97 Å². The van der Waals surface area contributed by atoms with Gasteiger partial charge in [0.05, 0.1) is 0 Å². The van der Waals surface area contributed by atoms with Gasteiger partial charge in [-0.3, -0.25) is 4.99 Å². The van der Waals surface area contributed by atoms with Crippen molar-refractivity contribution in [3.63, 3.8) is 0 Å². The van der Waals surface area contributed by atoms with Crippen molar-refractivity contribution in [2.75, 3.05) is 5.75 Å². The molecule has 1 unspecified atom stereocenters. The van der Waals surface area contributed by atoms with E-state index in [1.54, 1.807) is 0 Å². The molecule has 0 aliphatic carbocycles. The van der Waals surface area contributed by atoms with E-state index >= 15 is 0 Å². The molecule has 1 aromatic rings. The van der Waals surface area contributed by atoms with Crippen molar-refractivity contribution in [1.82, 2.24) is 0 Å². The molecule has 0 radical (unpaired) electrons. The number of nitrogens with zero attached hydrogens (tertiary/aromatic N) is 1. The Balaban J connectivity index is 2.87. The molecule has 0 aliphatic rings. The summed E-state index contributed by atoms with van der Waals surface area (Å²) in [5.41, 5.74) is 0.339. The number of hydrogen-bond acceptors (Lipinski definition) is 5. The number of benzene rings is 1. The number of carboxylic acid groups (broad SMARTS) is 1. The standard InChI is InChI=1S/C10H11NO4S/c12-7-2-1-6(9(13)3-7)4-11-8(5-16)10(14)15/h1-4,8,12-13,16H,5H2,(H,14,15). The van der Waals surface area contributed by atoms with E-state index in [1.807, 2.05) is 0 Å². The fourth-order valence-corrected chi connectivity index (χ4v) is 1.25. The first kappa shape index (κ1) is 12.4. The summed E-state index contributed by atoms with van der Waals surface area (Å²) in [5.74, 6) is -1.24. The quantitative estimate of drug-likeness (QED) is 0.465. The molecule has 6 heteroatoms. The van der Waals surface area contributed by atoms with Crippen LogP contribution in [0.5, 0.6) is 11.5 Å². The van der Waals surface area contributed by atoms with Gasteiger partial charge in [-0.2, -0.15) is 12.6 Å². The van der Waals surface area contributed by atoms with Crippen LogP contribution in [0.25, 0.3) is 0 Å². The Hall–Kier alpha value is -1.69. The van der Waals surface area contributed by atoms with Gasteiger partial charge in [0.25, 0.3) is 0 Å². The topological polar surface area (TPSA) is 90.1 Å². The maximum Gasteiger partial charge on any atom is 0.329 e. The maximum absolute atomic E-state index is 10.6. The summed E-state index contributed by atoms with van der Waals surface area (Å²) >= 11 is 3.85. The number of phenols is 2. The van der Waals surface area contributed by atoms with Crippen LogP contribution in [0, 0.1) is 0 Å². The summed E-state index contributed by atoms with van der Waals surface area (Å²) in [7, 11) is 0. The number of hydrogen-bond donors (Lipinski definition) is 4. The van der Waals surface area contributed by atoms with Crippen LogP contribution < -0.4 is 0 Å². The lowest BCUT2D eigenvalue weighted by atomic mass is 10.2. The zero-order chi connectivity index (χ0) is 12.1. The van der Waals surface area contributed by atoms with Gasteiger partial charge in [-0.05, 0) is 12.1 Å². The van der Waals surface area contributed by atoms with E-state index in [2.05, 4.69) is 17.6 Å². The molecule has 0 fully saturated rings. The number of aromatic hydroxyl groups is 2. The largest absolute Gasteiger partial charge is 0.508 e. The molecule has 0 amide bonds. The SMILES string of the molecule is O=C(O)C(CS)N=Cc1ccc(O)cc1O. The molecule has 0 saturated heterocycles. The van der Waals surface area contributed by atoms with E-state index in [0.29, 0.717) is 5.56 Å². The molecule has 0 spiro atoms. The number of aliphatic imine (C=N–C) groups is 1. The van der Waals surface area contributed by atoms with E-state index in [9.17, 15) is 9.90 Å². The van der Waals surface area contributed by atoms with Gasteiger partial charge in [0, 0.05) is 23.6 Å². The molecule has 1 aromatic carbocycles. The predicted molar refractivity (Wildman–Crippen MR) is 62.6 cm³/mol. The van der Waals surface area contributed by atoms with E-state index in [1.165, 1.54) is 18.3 Å². The second kappa shape index (κ2) is 5.41. The first-order chi connectivity index (χ1) is 7.54. The predicted octanol–water partition coefficient (Wildman–Crippen LogP) is 0.900. The molecule has 0 heterocycles. The number of rotatable bonds is 4. The highest BCUT2D eigenvalue weighted by Crippen LogP contribution is 2.20. The summed E-state index contributed by atoms with van der Waals surface area (Å²) < 4.78 is 0. The summed E-state index contributed by atoms with van der Waals surface area (Å²) in [4.78, 5) is 14.4. The van der Waals surface area contributed by atoms with Crippen LogP contribution in [0.4, 0.5) is 0 Å². The van der Waals surface area contributed by atoms with Crippen molar-refractivity contribution in [2.45, 2.75) is 6.04 Å². The van der Waals surface area contributed by atoms with E-state index in [4.69, 9.17) is 10.2 Å². The average Bonchev–Trinajstić information content (AvgIpc) is 2.21. The van der Waals surface area contributed by atoms with Crippen LogP contribution in [0.3, 0.4) is 0 Å². The van der Waals surface area contributed by atoms with Crippen molar-refractivity contribution in [3.05, 3.63) is 23.8 Å². The van der Waals surface area contributed by atoms with Gasteiger partial charge in [-0.1, -0.05) is 0 Å². The van der Waals surface area contributed by atoms with Gasteiger partial charge in [0.15, 0.2) is 6.04 Å². The van der Waals surface area contributed by atoms with Crippen LogP contribution in [0.15, 0.2) is 23.2 Å². The minimum Gasteiger partial charge on any atom is -0.508 e. The zero-order valence-corrected chi connectivity index (χ0v) is 9.13. The Labute approximate surface area is 97.5 Å². The lowest BCUT2D eigenvalue weighted by molar-refractivity contribution is -0.137. The average molecular weight is 241 g/mol. The van der Waals surface area contributed by atoms with Gasteiger partial charge in [-0.25, -0.2) is 4.79 Å². The highest BCUT2D eigenvalue weighted by molar-refractivity contribution is 7.80. The second-order valence-electron chi connectivity index (χ2n) is 3.06. The van der Waals surface area contributed by atoms with Crippen LogP contribution >= 0.6 is 12.6 Å². The Morgan fingerprint density at radius 2 is 2.19 bits per heavy atom. The molecular formula is C10H11NO4S. The smallest absolute Gasteiger partial charge is 0.329 e. The summed E-state index contributed by atoms with van der Waals surface area (Å²) in [6.07, 6.45) is 1.24. The van der Waals surface area contributed by atoms with E-state index in [0.717, 1.165) is 6.07 Å². The Morgan fingerprint density at radius 1 is 1.50 bits per heavy atom. The molecule has 1 atom stereocenters. The molecule has 1 rings (SSSR count). The van der Waals surface area contributed by atoms with Crippen molar-refractivity contribution < 1.29 is 20.1 Å². The molecule has 0 aromatic heterocycles. The lowest BCUT2D eigenvalue weighted by Gasteiger charge is -2.03. The summed E-state index contributed by atoms with van der Waals surface area (Å²) in [5, 5.41) is 27.1. The third kappa shape index (κ3) is 3.16. The highest BCUT2D eigenvalue weighted by Gasteiger charge is 2.12. The van der Waals surface area contributed by atoms with Crippen LogP contribution in [-0.4, -0.2) is 39.3 Å².